The number of nitrogens with zero attached hydrogens (tertiary/aromatic N) is 4. The molecular formula is C18H13IN6O3. The van der Waals surface area contributed by atoms with Gasteiger partial charge in [-0.25, -0.2) is 4.99 Å². The summed E-state index contributed by atoms with van der Waals surface area (Å²) in [5.41, 5.74) is 2.20. The van der Waals surface area contributed by atoms with Gasteiger partial charge in [0, 0.05) is 22.4 Å². The van der Waals surface area contributed by atoms with E-state index < -0.39 is 16.4 Å². The first kappa shape index (κ1) is 19.3. The molecule has 0 spiro atoms. The summed E-state index contributed by atoms with van der Waals surface area (Å²) < 4.78 is 0.797. The standard InChI is InChI=1S/C18H13IN6O3/c19-8-12-3-1-2-4-14(12)22-18-13(9-20)17(23-24-18)21-10-11-5-6-15(25(27)28)16(26)7-11/h1-7,10,26H,8H2,(H2,22,23,24). The van der Waals surface area contributed by atoms with Crippen LogP contribution in [0.15, 0.2) is 47.5 Å². The molecule has 28 heavy (non-hydrogen) atoms. The highest BCUT2D eigenvalue weighted by Crippen LogP contribution is 2.29. The quantitative estimate of drug-likeness (QED) is 0.155. The topological polar surface area (TPSA) is 140 Å². The van der Waals surface area contributed by atoms with E-state index >= 15 is 0 Å². The molecule has 0 aliphatic rings. The SMILES string of the molecule is N#Cc1c(N=Cc2ccc([N+](=O)[O-])c(O)c2)n[nH]c1Nc1ccccc1CI. The number of aromatic nitrogens is 2. The van der Waals surface area contributed by atoms with E-state index in [4.69, 9.17) is 0 Å². The number of aliphatic imine (C=N–C) groups is 1. The normalized spacial score (nSPS) is 10.7. The van der Waals surface area contributed by atoms with Crippen molar-refractivity contribution >= 4 is 51.8 Å². The van der Waals surface area contributed by atoms with Crippen LogP contribution in [0.2, 0.25) is 0 Å². The molecule has 2 aromatic carbocycles. The molecule has 0 unspecified atom stereocenters. The molecule has 0 fully saturated rings. The Bertz CT molecular complexity index is 1100. The molecule has 0 aliphatic carbocycles. The Hall–Kier alpha value is -3.46. The maximum absolute atomic E-state index is 10.7. The third kappa shape index (κ3) is 4.09. The first-order chi connectivity index (χ1) is 13.5. The third-order valence-electron chi connectivity index (χ3n) is 3.81. The summed E-state index contributed by atoms with van der Waals surface area (Å²) in [6, 6.07) is 13.6. The lowest BCUT2D eigenvalue weighted by molar-refractivity contribution is -0.385. The number of halogens is 1. The van der Waals surface area contributed by atoms with Crippen molar-refractivity contribution in [3.05, 3.63) is 69.3 Å². The second-order valence-electron chi connectivity index (χ2n) is 5.59. The number of alkyl halides is 1. The average molecular weight is 488 g/mol. The number of phenolic OH excluding ortho intramolecular Hbond substituents is 1. The Morgan fingerprint density at radius 1 is 1.39 bits per heavy atom. The van der Waals surface area contributed by atoms with Crippen LogP contribution in [0.5, 0.6) is 5.75 Å². The fourth-order valence-corrected chi connectivity index (χ4v) is 3.09. The number of rotatable bonds is 6. The van der Waals surface area contributed by atoms with Crippen molar-refractivity contribution in [1.29, 1.82) is 5.26 Å². The number of hydrogen-bond donors (Lipinski definition) is 3. The Morgan fingerprint density at radius 3 is 2.86 bits per heavy atom. The van der Waals surface area contributed by atoms with Gasteiger partial charge in [-0.05, 0) is 29.3 Å². The summed E-state index contributed by atoms with van der Waals surface area (Å²) in [5.74, 6) is 0.113. The molecule has 0 amide bonds. The van der Waals surface area contributed by atoms with Gasteiger partial charge in [-0.3, -0.25) is 15.2 Å². The fraction of sp³-hybridized carbons (Fsp3) is 0.0556. The second-order valence-corrected chi connectivity index (χ2v) is 6.35. The minimum atomic E-state index is -0.677. The molecule has 10 heteroatoms. The first-order valence-electron chi connectivity index (χ1n) is 7.94. The number of benzene rings is 2. The molecule has 9 nitrogen and oxygen atoms in total. The maximum atomic E-state index is 10.7. The molecule has 3 aromatic rings. The number of para-hydroxylation sites is 1. The fourth-order valence-electron chi connectivity index (χ4n) is 2.43. The molecule has 0 radical (unpaired) electrons. The van der Waals surface area contributed by atoms with Crippen LogP contribution in [0.25, 0.3) is 0 Å². The summed E-state index contributed by atoms with van der Waals surface area (Å²) in [5, 5.41) is 39.9. The van der Waals surface area contributed by atoms with Crippen molar-refractivity contribution in [2.45, 2.75) is 4.43 Å². The highest BCUT2D eigenvalue weighted by Gasteiger charge is 2.15. The zero-order chi connectivity index (χ0) is 20.1. The van der Waals surface area contributed by atoms with Gasteiger partial charge in [0.1, 0.15) is 17.5 Å². The number of H-pyrrole nitrogens is 1. The minimum Gasteiger partial charge on any atom is -0.502 e. The summed E-state index contributed by atoms with van der Waals surface area (Å²) in [6.07, 6.45) is 1.36. The Balaban J connectivity index is 1.86. The van der Waals surface area contributed by atoms with E-state index in [0.717, 1.165) is 15.7 Å². The van der Waals surface area contributed by atoms with Crippen LogP contribution in [-0.2, 0) is 4.43 Å². The molecule has 3 N–H and O–H groups in total. The van der Waals surface area contributed by atoms with Gasteiger partial charge < -0.3 is 10.4 Å². The van der Waals surface area contributed by atoms with E-state index in [9.17, 15) is 20.5 Å². The maximum Gasteiger partial charge on any atom is 0.310 e. The summed E-state index contributed by atoms with van der Waals surface area (Å²) in [7, 11) is 0. The molecule has 1 aromatic heterocycles. The third-order valence-corrected chi connectivity index (χ3v) is 4.63. The lowest BCUT2D eigenvalue weighted by atomic mass is 10.2. The number of phenols is 1. The largest absolute Gasteiger partial charge is 0.502 e. The predicted octanol–water partition coefficient (Wildman–Crippen LogP) is 4.32. The van der Waals surface area contributed by atoms with Crippen molar-refractivity contribution in [3.8, 4) is 11.8 Å². The number of aromatic amines is 1. The predicted molar refractivity (Wildman–Crippen MR) is 113 cm³/mol. The number of nitriles is 1. The van der Waals surface area contributed by atoms with Crippen LogP contribution in [0.1, 0.15) is 16.7 Å². The van der Waals surface area contributed by atoms with E-state index in [1.807, 2.05) is 24.3 Å². The lowest BCUT2D eigenvalue weighted by Gasteiger charge is -2.08. The van der Waals surface area contributed by atoms with E-state index in [-0.39, 0.29) is 11.4 Å². The number of nitrogens with one attached hydrogen (secondary N) is 2. The summed E-state index contributed by atoms with van der Waals surface area (Å²) >= 11 is 2.26. The van der Waals surface area contributed by atoms with Gasteiger partial charge in [-0.1, -0.05) is 40.8 Å². The van der Waals surface area contributed by atoms with Gasteiger partial charge in [-0.15, -0.1) is 0 Å². The smallest absolute Gasteiger partial charge is 0.310 e. The number of hydrogen-bond acceptors (Lipinski definition) is 7. The highest BCUT2D eigenvalue weighted by molar-refractivity contribution is 14.1. The first-order valence-corrected chi connectivity index (χ1v) is 9.47. The molecule has 1 heterocycles. The van der Waals surface area contributed by atoms with E-state index in [2.05, 4.69) is 49.2 Å². The Kier molecular flexibility index (Phi) is 5.85. The van der Waals surface area contributed by atoms with Crippen LogP contribution in [0.3, 0.4) is 0 Å². The highest BCUT2D eigenvalue weighted by atomic mass is 127. The van der Waals surface area contributed by atoms with Crippen molar-refractivity contribution < 1.29 is 10.0 Å². The molecule has 0 bridgehead atoms. The number of aromatic hydroxyl groups is 1. The number of nitro benzene ring substituents is 1. The molecule has 140 valence electrons. The minimum absolute atomic E-state index is 0.162. The van der Waals surface area contributed by atoms with Crippen molar-refractivity contribution in [2.75, 3.05) is 5.32 Å². The van der Waals surface area contributed by atoms with Gasteiger partial charge in [0.25, 0.3) is 0 Å². The summed E-state index contributed by atoms with van der Waals surface area (Å²) in [4.78, 5) is 14.2. The van der Waals surface area contributed by atoms with Crippen LogP contribution >= 0.6 is 22.6 Å². The Labute approximate surface area is 173 Å². The molecule has 0 saturated carbocycles. The van der Waals surface area contributed by atoms with Crippen LogP contribution in [0, 0.1) is 21.4 Å². The van der Waals surface area contributed by atoms with Gasteiger partial charge >= 0.3 is 5.69 Å². The number of anilines is 2. The van der Waals surface area contributed by atoms with Gasteiger partial charge in [0.2, 0.25) is 0 Å². The van der Waals surface area contributed by atoms with E-state index in [0.29, 0.717) is 11.4 Å². The Morgan fingerprint density at radius 2 is 2.18 bits per heavy atom. The van der Waals surface area contributed by atoms with Crippen molar-refractivity contribution in [2.24, 2.45) is 4.99 Å². The molecule has 3 rings (SSSR count). The van der Waals surface area contributed by atoms with Crippen molar-refractivity contribution in [1.82, 2.24) is 10.2 Å². The zero-order valence-corrected chi connectivity index (χ0v) is 16.4. The second kappa shape index (κ2) is 8.49. The molecular weight excluding hydrogens is 475 g/mol. The van der Waals surface area contributed by atoms with Gasteiger partial charge in [0.05, 0.1) is 4.92 Å². The van der Waals surface area contributed by atoms with Gasteiger partial charge in [0.15, 0.2) is 11.6 Å². The number of nitro groups is 1. The molecule has 0 saturated heterocycles. The van der Waals surface area contributed by atoms with Crippen molar-refractivity contribution in [3.63, 3.8) is 0 Å². The zero-order valence-electron chi connectivity index (χ0n) is 14.3. The van der Waals surface area contributed by atoms with Crippen LogP contribution in [0.4, 0.5) is 23.0 Å². The van der Waals surface area contributed by atoms with Gasteiger partial charge in [-0.2, -0.15) is 10.4 Å². The molecule has 0 atom stereocenters. The van der Waals surface area contributed by atoms with E-state index in [1.165, 1.54) is 24.4 Å². The lowest BCUT2D eigenvalue weighted by Crippen LogP contribution is -1.96. The monoisotopic (exact) mass is 488 g/mol. The molecule has 0 aliphatic heterocycles. The average Bonchev–Trinajstić information content (AvgIpc) is 3.08. The van der Waals surface area contributed by atoms with Crippen LogP contribution in [-0.4, -0.2) is 26.4 Å². The van der Waals surface area contributed by atoms with Crippen LogP contribution < -0.4 is 5.32 Å². The summed E-state index contributed by atoms with van der Waals surface area (Å²) in [6.45, 7) is 0. The van der Waals surface area contributed by atoms with E-state index in [1.54, 1.807) is 0 Å².